The Morgan fingerprint density at radius 1 is 1.20 bits per heavy atom. The number of aromatic nitrogens is 1. The average Bonchev–Trinajstić information content (AvgIpc) is 3.28. The molecule has 1 aliphatic rings. The first-order valence-corrected chi connectivity index (χ1v) is 8.92. The molecule has 0 radical (unpaired) electrons. The van der Waals surface area contributed by atoms with Crippen molar-refractivity contribution in [1.29, 1.82) is 0 Å². The van der Waals surface area contributed by atoms with Gasteiger partial charge in [-0.1, -0.05) is 6.07 Å². The predicted octanol–water partition coefficient (Wildman–Crippen LogP) is 3.74. The van der Waals surface area contributed by atoms with Gasteiger partial charge in [0, 0.05) is 42.3 Å². The molecule has 0 spiro atoms. The Morgan fingerprint density at radius 3 is 2.72 bits per heavy atom. The van der Waals surface area contributed by atoms with Gasteiger partial charge in [-0.05, 0) is 35.9 Å². The minimum absolute atomic E-state index is 0.0166. The van der Waals surface area contributed by atoms with E-state index in [1.54, 1.807) is 23.9 Å². The van der Waals surface area contributed by atoms with Gasteiger partial charge in [0.1, 0.15) is 5.37 Å². The van der Waals surface area contributed by atoms with Crippen molar-refractivity contribution < 1.29 is 9.72 Å². The van der Waals surface area contributed by atoms with E-state index in [0.29, 0.717) is 12.1 Å². The van der Waals surface area contributed by atoms with Crippen LogP contribution in [-0.4, -0.2) is 32.4 Å². The van der Waals surface area contributed by atoms with Gasteiger partial charge >= 0.3 is 0 Å². The molecule has 126 valence electrons. The van der Waals surface area contributed by atoms with Crippen molar-refractivity contribution >= 4 is 28.9 Å². The zero-order chi connectivity index (χ0) is 17.4. The maximum atomic E-state index is 13.0. The maximum Gasteiger partial charge on any atom is 0.269 e. The third-order valence-electron chi connectivity index (χ3n) is 4.29. The Labute approximate surface area is 148 Å². The molecule has 1 aromatic carbocycles. The summed E-state index contributed by atoms with van der Waals surface area (Å²) < 4.78 is 1.93. The van der Waals surface area contributed by atoms with Gasteiger partial charge in [0.15, 0.2) is 0 Å². The molecule has 1 saturated heterocycles. The number of nitrogens with zero attached hydrogens (tertiary/aromatic N) is 3. The van der Waals surface area contributed by atoms with E-state index in [1.807, 2.05) is 46.0 Å². The number of hydrogen-bond donors (Lipinski definition) is 0. The third-order valence-corrected chi connectivity index (χ3v) is 5.55. The lowest BCUT2D eigenvalue weighted by molar-refractivity contribution is -0.384. The lowest BCUT2D eigenvalue weighted by atomic mass is 10.1. The molecule has 1 fully saturated rings. The Balaban J connectivity index is 1.62. The van der Waals surface area contributed by atoms with E-state index in [9.17, 15) is 14.9 Å². The van der Waals surface area contributed by atoms with Gasteiger partial charge in [-0.15, -0.1) is 11.8 Å². The van der Waals surface area contributed by atoms with Gasteiger partial charge in [0.05, 0.1) is 10.5 Å². The van der Waals surface area contributed by atoms with Gasteiger partial charge < -0.3 is 9.30 Å². The smallest absolute Gasteiger partial charge is 0.269 e. The number of carbonyl (C=O) groups is 1. The summed E-state index contributed by atoms with van der Waals surface area (Å²) in [7, 11) is 0. The molecule has 1 atom stereocenters. The second-order valence-corrected chi connectivity index (χ2v) is 7.02. The average molecular weight is 353 g/mol. The van der Waals surface area contributed by atoms with Crippen LogP contribution in [0, 0.1) is 10.1 Å². The first kappa shape index (κ1) is 15.7. The topological polar surface area (TPSA) is 67.9 Å². The monoisotopic (exact) mass is 353 g/mol. The Morgan fingerprint density at radius 2 is 2.00 bits per heavy atom. The predicted molar refractivity (Wildman–Crippen MR) is 96.7 cm³/mol. The van der Waals surface area contributed by atoms with Crippen LogP contribution >= 0.6 is 11.8 Å². The number of amides is 1. The minimum atomic E-state index is -0.415. The third kappa shape index (κ3) is 2.87. The van der Waals surface area contributed by atoms with Crippen molar-refractivity contribution in [1.82, 2.24) is 9.30 Å². The summed E-state index contributed by atoms with van der Waals surface area (Å²) in [6.45, 7) is 0.664. The van der Waals surface area contributed by atoms with Crippen molar-refractivity contribution in [2.24, 2.45) is 0 Å². The van der Waals surface area contributed by atoms with Crippen LogP contribution in [-0.2, 0) is 0 Å². The SMILES string of the molecule is O=C(c1cc2ccccn2c1)N1CCSC1c1ccc([N+](=O)[O-])cc1. The number of hydrogen-bond acceptors (Lipinski definition) is 4. The number of non-ortho nitro benzene ring substituents is 1. The van der Waals surface area contributed by atoms with Gasteiger partial charge in [-0.25, -0.2) is 0 Å². The van der Waals surface area contributed by atoms with Crippen LogP contribution in [0.5, 0.6) is 0 Å². The molecule has 25 heavy (non-hydrogen) atoms. The maximum absolute atomic E-state index is 13.0. The Bertz CT molecular complexity index is 919. The number of fused-ring (bicyclic) bond motifs is 1. The van der Waals surface area contributed by atoms with E-state index in [1.165, 1.54) is 12.1 Å². The normalized spacial score (nSPS) is 17.1. The number of nitro benzene ring substituents is 1. The molecular weight excluding hydrogens is 338 g/mol. The van der Waals surface area contributed by atoms with Crippen molar-refractivity contribution in [2.75, 3.05) is 12.3 Å². The van der Waals surface area contributed by atoms with E-state index in [0.717, 1.165) is 16.8 Å². The fourth-order valence-corrected chi connectivity index (χ4v) is 4.31. The fraction of sp³-hybridized carbons (Fsp3) is 0.167. The molecule has 4 rings (SSSR count). The van der Waals surface area contributed by atoms with E-state index < -0.39 is 4.92 Å². The molecule has 0 N–H and O–H groups in total. The first-order chi connectivity index (χ1) is 12.1. The number of pyridine rings is 1. The standard InChI is InChI=1S/C18H15N3O3S/c22-17(14-11-16-3-1-2-8-19(16)12-14)20-9-10-25-18(20)13-4-6-15(7-5-13)21(23)24/h1-8,11-12,18H,9-10H2. The van der Waals surface area contributed by atoms with Crippen molar-refractivity contribution in [3.05, 3.63) is 82.2 Å². The van der Waals surface area contributed by atoms with Gasteiger partial charge in [0.25, 0.3) is 11.6 Å². The largest absolute Gasteiger partial charge is 0.323 e. The number of nitro groups is 1. The molecule has 0 aliphatic carbocycles. The highest BCUT2D eigenvalue weighted by atomic mass is 32.2. The Hall–Kier alpha value is -2.80. The number of thioether (sulfide) groups is 1. The summed E-state index contributed by atoms with van der Waals surface area (Å²) in [5, 5.41) is 10.7. The molecule has 0 bridgehead atoms. The molecule has 0 saturated carbocycles. The summed E-state index contributed by atoms with van der Waals surface area (Å²) in [5.74, 6) is 0.831. The number of benzene rings is 1. The van der Waals surface area contributed by atoms with Crippen LogP contribution in [0.3, 0.4) is 0 Å². The van der Waals surface area contributed by atoms with Gasteiger partial charge in [0.2, 0.25) is 0 Å². The van der Waals surface area contributed by atoms with Crippen molar-refractivity contribution in [3.63, 3.8) is 0 Å². The molecule has 1 aliphatic heterocycles. The van der Waals surface area contributed by atoms with E-state index in [4.69, 9.17) is 0 Å². The van der Waals surface area contributed by atoms with E-state index in [2.05, 4.69) is 0 Å². The highest BCUT2D eigenvalue weighted by Gasteiger charge is 2.32. The van der Waals surface area contributed by atoms with Crippen LogP contribution in [0.15, 0.2) is 60.9 Å². The second-order valence-electron chi connectivity index (χ2n) is 5.83. The lowest BCUT2D eigenvalue weighted by Gasteiger charge is -2.23. The Kier molecular flexibility index (Phi) is 3.93. The summed E-state index contributed by atoms with van der Waals surface area (Å²) in [5.41, 5.74) is 2.60. The zero-order valence-corrected chi connectivity index (χ0v) is 14.1. The van der Waals surface area contributed by atoms with Crippen molar-refractivity contribution in [3.8, 4) is 0 Å². The van der Waals surface area contributed by atoms with Crippen LogP contribution < -0.4 is 0 Å². The summed E-state index contributed by atoms with van der Waals surface area (Å²) in [4.78, 5) is 25.2. The lowest BCUT2D eigenvalue weighted by Crippen LogP contribution is -2.30. The molecule has 6 nitrogen and oxygen atoms in total. The fourth-order valence-electron chi connectivity index (χ4n) is 3.05. The molecule has 3 aromatic rings. The van der Waals surface area contributed by atoms with Crippen molar-refractivity contribution in [2.45, 2.75) is 5.37 Å². The minimum Gasteiger partial charge on any atom is -0.323 e. The van der Waals surface area contributed by atoms with E-state index >= 15 is 0 Å². The molecule has 7 heteroatoms. The summed E-state index contributed by atoms with van der Waals surface area (Å²) in [6.07, 6.45) is 3.76. The van der Waals surface area contributed by atoms with Crippen LogP contribution in [0.1, 0.15) is 21.3 Å². The summed E-state index contributed by atoms with van der Waals surface area (Å²) in [6, 6.07) is 14.2. The van der Waals surface area contributed by atoms with Crippen LogP contribution in [0.4, 0.5) is 5.69 Å². The molecule has 3 heterocycles. The summed E-state index contributed by atoms with van der Waals surface area (Å²) >= 11 is 1.68. The highest BCUT2D eigenvalue weighted by Crippen LogP contribution is 2.39. The number of rotatable bonds is 3. The molecular formula is C18H15N3O3S. The second kappa shape index (κ2) is 6.25. The molecule has 2 aromatic heterocycles. The molecule has 1 unspecified atom stereocenters. The zero-order valence-electron chi connectivity index (χ0n) is 13.2. The van der Waals surface area contributed by atoms with E-state index in [-0.39, 0.29) is 17.0 Å². The highest BCUT2D eigenvalue weighted by molar-refractivity contribution is 7.99. The van der Waals surface area contributed by atoms with Crippen LogP contribution in [0.2, 0.25) is 0 Å². The van der Waals surface area contributed by atoms with Gasteiger partial charge in [-0.2, -0.15) is 0 Å². The first-order valence-electron chi connectivity index (χ1n) is 7.87. The van der Waals surface area contributed by atoms with Crippen LogP contribution in [0.25, 0.3) is 5.52 Å². The van der Waals surface area contributed by atoms with Gasteiger partial charge in [-0.3, -0.25) is 14.9 Å². The molecule has 1 amide bonds. The number of carbonyl (C=O) groups excluding carboxylic acids is 1. The quantitative estimate of drug-likeness (QED) is 0.531.